The van der Waals surface area contributed by atoms with Gasteiger partial charge >= 0.3 is 0 Å². The van der Waals surface area contributed by atoms with Crippen molar-refractivity contribution in [3.63, 3.8) is 0 Å². The van der Waals surface area contributed by atoms with Crippen molar-refractivity contribution >= 4 is 11.6 Å². The Hall–Kier alpha value is -2.36. The van der Waals surface area contributed by atoms with Crippen LogP contribution in [0.25, 0.3) is 0 Å². The van der Waals surface area contributed by atoms with Crippen LogP contribution in [0.3, 0.4) is 0 Å². The van der Waals surface area contributed by atoms with Gasteiger partial charge in [-0.15, -0.1) is 0 Å². The normalized spacial score (nSPS) is 10.3. The van der Waals surface area contributed by atoms with Crippen molar-refractivity contribution in [2.24, 2.45) is 0 Å². The maximum absolute atomic E-state index is 12.3. The molecule has 1 aromatic heterocycles. The zero-order valence-electron chi connectivity index (χ0n) is 11.8. The number of hydrogen-bond acceptors (Lipinski definition) is 3. The molecular weight excluding hydrogens is 250 g/mol. The van der Waals surface area contributed by atoms with E-state index in [-0.39, 0.29) is 5.91 Å². The van der Waals surface area contributed by atoms with Crippen molar-refractivity contribution in [3.05, 3.63) is 59.4 Å². The molecule has 1 heterocycles. The Bertz CT molecular complexity index is 576. The first-order valence-corrected chi connectivity index (χ1v) is 6.58. The lowest BCUT2D eigenvalue weighted by Crippen LogP contribution is -2.29. The second kappa shape index (κ2) is 6.19. The topological polar surface area (TPSA) is 59.2 Å². The van der Waals surface area contributed by atoms with E-state index >= 15 is 0 Å². The highest BCUT2D eigenvalue weighted by Crippen LogP contribution is 2.13. The van der Waals surface area contributed by atoms with Gasteiger partial charge in [-0.05, 0) is 54.8 Å². The Labute approximate surface area is 119 Å². The van der Waals surface area contributed by atoms with Crippen LogP contribution in [0.15, 0.2) is 42.7 Å². The molecule has 0 aliphatic heterocycles. The molecule has 2 rings (SSSR count). The number of carbonyl (C=O) groups is 1. The van der Waals surface area contributed by atoms with E-state index in [0.717, 1.165) is 12.0 Å². The van der Waals surface area contributed by atoms with Gasteiger partial charge in [-0.2, -0.15) is 0 Å². The summed E-state index contributed by atoms with van der Waals surface area (Å²) in [4.78, 5) is 18.0. The van der Waals surface area contributed by atoms with Gasteiger partial charge in [-0.1, -0.05) is 0 Å². The van der Waals surface area contributed by atoms with E-state index in [1.807, 2.05) is 38.2 Å². The van der Waals surface area contributed by atoms with E-state index < -0.39 is 0 Å². The van der Waals surface area contributed by atoms with E-state index in [4.69, 9.17) is 5.73 Å². The van der Waals surface area contributed by atoms with Gasteiger partial charge in [0.05, 0.1) is 0 Å². The van der Waals surface area contributed by atoms with Crippen molar-refractivity contribution in [2.75, 3.05) is 19.3 Å². The summed E-state index contributed by atoms with van der Waals surface area (Å²) in [6.07, 6.45) is 4.34. The van der Waals surface area contributed by atoms with Crippen LogP contribution in [-0.4, -0.2) is 29.4 Å². The van der Waals surface area contributed by atoms with Crippen LogP contribution in [0.1, 0.15) is 21.5 Å². The lowest BCUT2D eigenvalue weighted by atomic mass is 10.1. The molecule has 0 unspecified atom stereocenters. The molecule has 20 heavy (non-hydrogen) atoms. The van der Waals surface area contributed by atoms with Crippen LogP contribution in [0.4, 0.5) is 5.69 Å². The van der Waals surface area contributed by atoms with E-state index in [1.54, 1.807) is 23.4 Å². The zero-order valence-corrected chi connectivity index (χ0v) is 11.8. The molecule has 0 spiro atoms. The second-order valence-corrected chi connectivity index (χ2v) is 4.96. The predicted molar refractivity (Wildman–Crippen MR) is 80.5 cm³/mol. The first kappa shape index (κ1) is 14.1. The number of carbonyl (C=O) groups excluding carboxylic acids is 1. The molecule has 0 atom stereocenters. The van der Waals surface area contributed by atoms with Crippen LogP contribution in [0.2, 0.25) is 0 Å². The van der Waals surface area contributed by atoms with Gasteiger partial charge < -0.3 is 10.6 Å². The summed E-state index contributed by atoms with van der Waals surface area (Å²) in [7, 11) is 1.81. The molecule has 1 amide bonds. The van der Waals surface area contributed by atoms with Crippen molar-refractivity contribution in [1.29, 1.82) is 0 Å². The van der Waals surface area contributed by atoms with Crippen LogP contribution >= 0.6 is 0 Å². The minimum absolute atomic E-state index is 0.00513. The summed E-state index contributed by atoms with van der Waals surface area (Å²) in [5, 5.41) is 0. The van der Waals surface area contributed by atoms with Gasteiger partial charge in [-0.3, -0.25) is 9.78 Å². The number of anilines is 1. The third-order valence-electron chi connectivity index (χ3n) is 3.18. The summed E-state index contributed by atoms with van der Waals surface area (Å²) in [5.74, 6) is -0.00513. The Kier molecular flexibility index (Phi) is 4.35. The fourth-order valence-electron chi connectivity index (χ4n) is 2.10. The number of amides is 1. The van der Waals surface area contributed by atoms with Gasteiger partial charge in [0.1, 0.15) is 0 Å². The predicted octanol–water partition coefficient (Wildman–Crippen LogP) is 2.29. The highest BCUT2D eigenvalue weighted by atomic mass is 16.2. The van der Waals surface area contributed by atoms with Gasteiger partial charge in [0.2, 0.25) is 0 Å². The number of pyridine rings is 1. The molecule has 0 aliphatic carbocycles. The number of aryl methyl sites for hydroxylation is 1. The number of likely N-dealkylation sites (N-methyl/N-ethyl adjacent to an activating group) is 1. The van der Waals surface area contributed by atoms with E-state index in [2.05, 4.69) is 4.98 Å². The minimum atomic E-state index is -0.00513. The molecule has 0 fully saturated rings. The van der Waals surface area contributed by atoms with Crippen LogP contribution in [0, 0.1) is 6.92 Å². The van der Waals surface area contributed by atoms with Crippen LogP contribution in [-0.2, 0) is 6.42 Å². The Morgan fingerprint density at radius 3 is 2.60 bits per heavy atom. The van der Waals surface area contributed by atoms with Crippen molar-refractivity contribution in [1.82, 2.24) is 9.88 Å². The molecule has 0 bridgehead atoms. The Morgan fingerprint density at radius 1 is 1.25 bits per heavy atom. The molecule has 0 saturated heterocycles. The monoisotopic (exact) mass is 269 g/mol. The second-order valence-electron chi connectivity index (χ2n) is 4.96. The SMILES string of the molecule is Cc1cc(N)cc(C(=O)N(C)CCc2ccncc2)c1. The molecule has 1 aromatic carbocycles. The third-order valence-corrected chi connectivity index (χ3v) is 3.18. The first-order valence-electron chi connectivity index (χ1n) is 6.58. The molecule has 0 aliphatic rings. The third kappa shape index (κ3) is 3.57. The lowest BCUT2D eigenvalue weighted by Gasteiger charge is -2.17. The minimum Gasteiger partial charge on any atom is -0.399 e. The fourth-order valence-corrected chi connectivity index (χ4v) is 2.10. The first-order chi connectivity index (χ1) is 9.56. The molecule has 2 N–H and O–H groups in total. The molecule has 2 aromatic rings. The highest BCUT2D eigenvalue weighted by Gasteiger charge is 2.12. The number of benzene rings is 1. The Morgan fingerprint density at radius 2 is 1.95 bits per heavy atom. The fraction of sp³-hybridized carbons (Fsp3) is 0.250. The summed E-state index contributed by atoms with van der Waals surface area (Å²) < 4.78 is 0. The largest absolute Gasteiger partial charge is 0.399 e. The molecule has 4 heteroatoms. The smallest absolute Gasteiger partial charge is 0.253 e. The molecule has 104 valence electrons. The number of hydrogen-bond donors (Lipinski definition) is 1. The summed E-state index contributed by atoms with van der Waals surface area (Å²) in [5.41, 5.74) is 9.21. The van der Waals surface area contributed by atoms with Gasteiger partial charge in [0.15, 0.2) is 0 Å². The van der Waals surface area contributed by atoms with Gasteiger partial charge in [-0.25, -0.2) is 0 Å². The number of nitrogen functional groups attached to an aromatic ring is 1. The van der Waals surface area contributed by atoms with Gasteiger partial charge in [0, 0.05) is 37.2 Å². The summed E-state index contributed by atoms with van der Waals surface area (Å²) >= 11 is 0. The number of nitrogens with two attached hydrogens (primary N) is 1. The summed E-state index contributed by atoms with van der Waals surface area (Å²) in [6.45, 7) is 2.60. The van der Waals surface area contributed by atoms with E-state index in [0.29, 0.717) is 17.8 Å². The van der Waals surface area contributed by atoms with Crippen molar-refractivity contribution in [3.8, 4) is 0 Å². The molecular formula is C16H19N3O. The standard InChI is InChI=1S/C16H19N3O/c1-12-9-14(11-15(17)10-12)16(20)19(2)8-5-13-3-6-18-7-4-13/h3-4,6-7,9-11H,5,8,17H2,1-2H3. The molecule has 4 nitrogen and oxygen atoms in total. The Balaban J connectivity index is 2.01. The number of nitrogens with zero attached hydrogens (tertiary/aromatic N) is 2. The molecule has 0 radical (unpaired) electrons. The maximum Gasteiger partial charge on any atom is 0.253 e. The van der Waals surface area contributed by atoms with Crippen LogP contribution < -0.4 is 5.73 Å². The highest BCUT2D eigenvalue weighted by molar-refractivity contribution is 5.95. The average Bonchev–Trinajstić information content (AvgIpc) is 2.44. The van der Waals surface area contributed by atoms with Crippen molar-refractivity contribution in [2.45, 2.75) is 13.3 Å². The summed E-state index contributed by atoms with van der Waals surface area (Å²) in [6, 6.07) is 9.36. The average molecular weight is 269 g/mol. The zero-order chi connectivity index (χ0) is 14.5. The number of rotatable bonds is 4. The molecule has 0 saturated carbocycles. The van der Waals surface area contributed by atoms with Crippen LogP contribution in [0.5, 0.6) is 0 Å². The quantitative estimate of drug-likeness (QED) is 0.866. The maximum atomic E-state index is 12.3. The lowest BCUT2D eigenvalue weighted by molar-refractivity contribution is 0.0796. The van der Waals surface area contributed by atoms with Gasteiger partial charge in [0.25, 0.3) is 5.91 Å². The number of aromatic nitrogens is 1. The van der Waals surface area contributed by atoms with E-state index in [1.165, 1.54) is 5.56 Å². The van der Waals surface area contributed by atoms with E-state index in [9.17, 15) is 4.79 Å². The van der Waals surface area contributed by atoms with Crippen molar-refractivity contribution < 1.29 is 4.79 Å².